The SMILES string of the molecule is NCCc1sc2c(c1Br)CSCC2. The number of fused-ring (bicyclic) bond motifs is 1. The van der Waals surface area contributed by atoms with E-state index in [1.165, 1.54) is 32.8 Å². The van der Waals surface area contributed by atoms with Crippen molar-refractivity contribution < 1.29 is 0 Å². The average Bonchev–Trinajstić information content (AvgIpc) is 2.46. The maximum atomic E-state index is 5.57. The molecule has 2 heterocycles. The predicted octanol–water partition coefficient (Wildman–Crippen LogP) is 2.80. The van der Waals surface area contributed by atoms with Crippen LogP contribution in [0.4, 0.5) is 0 Å². The molecular formula is C9H12BrNS2. The molecule has 1 nitrogen and oxygen atoms in total. The lowest BCUT2D eigenvalue weighted by Crippen LogP contribution is -2.01. The Morgan fingerprint density at radius 1 is 1.46 bits per heavy atom. The van der Waals surface area contributed by atoms with Gasteiger partial charge in [-0.2, -0.15) is 11.8 Å². The van der Waals surface area contributed by atoms with Gasteiger partial charge in [-0.1, -0.05) is 0 Å². The van der Waals surface area contributed by atoms with Gasteiger partial charge in [-0.25, -0.2) is 0 Å². The van der Waals surface area contributed by atoms with Crippen LogP contribution in [0.15, 0.2) is 4.47 Å². The molecule has 0 atom stereocenters. The van der Waals surface area contributed by atoms with E-state index in [0.717, 1.165) is 13.0 Å². The quantitative estimate of drug-likeness (QED) is 0.900. The van der Waals surface area contributed by atoms with Gasteiger partial charge < -0.3 is 5.73 Å². The minimum Gasteiger partial charge on any atom is -0.330 e. The van der Waals surface area contributed by atoms with Crippen LogP contribution in [0, 0.1) is 0 Å². The summed E-state index contributed by atoms with van der Waals surface area (Å²) in [6.07, 6.45) is 2.26. The number of hydrogen-bond acceptors (Lipinski definition) is 3. The number of halogens is 1. The molecule has 2 N–H and O–H groups in total. The molecule has 13 heavy (non-hydrogen) atoms. The molecule has 2 rings (SSSR count). The summed E-state index contributed by atoms with van der Waals surface area (Å²) in [6.45, 7) is 0.755. The first-order chi connectivity index (χ1) is 6.33. The van der Waals surface area contributed by atoms with Crippen LogP contribution in [-0.2, 0) is 18.6 Å². The molecule has 0 amide bonds. The summed E-state index contributed by atoms with van der Waals surface area (Å²) in [5.41, 5.74) is 7.10. The highest BCUT2D eigenvalue weighted by atomic mass is 79.9. The van der Waals surface area contributed by atoms with Gasteiger partial charge in [-0.3, -0.25) is 0 Å². The second-order valence-corrected chi connectivity index (χ2v) is 6.17. The number of nitrogens with two attached hydrogens (primary N) is 1. The zero-order valence-electron chi connectivity index (χ0n) is 7.31. The van der Waals surface area contributed by atoms with Gasteiger partial charge in [-0.05, 0) is 46.6 Å². The van der Waals surface area contributed by atoms with Crippen molar-refractivity contribution in [2.45, 2.75) is 18.6 Å². The molecule has 0 unspecified atom stereocenters. The molecule has 1 aliphatic heterocycles. The Labute approximate surface area is 95.2 Å². The smallest absolute Gasteiger partial charge is 0.0358 e. The fourth-order valence-corrected chi connectivity index (χ4v) is 5.13. The van der Waals surface area contributed by atoms with E-state index >= 15 is 0 Å². The Balaban J connectivity index is 2.33. The van der Waals surface area contributed by atoms with Crippen LogP contribution in [0.5, 0.6) is 0 Å². The summed E-state index contributed by atoms with van der Waals surface area (Å²) in [4.78, 5) is 3.02. The number of thioether (sulfide) groups is 1. The minimum atomic E-state index is 0.755. The maximum Gasteiger partial charge on any atom is 0.0358 e. The van der Waals surface area contributed by atoms with Crippen LogP contribution in [0.25, 0.3) is 0 Å². The monoisotopic (exact) mass is 277 g/mol. The van der Waals surface area contributed by atoms with Gasteiger partial charge in [0.05, 0.1) is 0 Å². The summed E-state index contributed by atoms with van der Waals surface area (Å²) in [7, 11) is 0. The van der Waals surface area contributed by atoms with Gasteiger partial charge in [0.1, 0.15) is 0 Å². The highest BCUT2D eigenvalue weighted by Crippen LogP contribution is 2.39. The van der Waals surface area contributed by atoms with E-state index in [4.69, 9.17) is 5.73 Å². The Morgan fingerprint density at radius 2 is 2.31 bits per heavy atom. The summed E-state index contributed by atoms with van der Waals surface area (Å²) in [6, 6.07) is 0. The van der Waals surface area contributed by atoms with Crippen molar-refractivity contribution in [1.29, 1.82) is 0 Å². The van der Waals surface area contributed by atoms with E-state index in [1.54, 1.807) is 4.88 Å². The largest absolute Gasteiger partial charge is 0.330 e. The minimum absolute atomic E-state index is 0.755. The van der Waals surface area contributed by atoms with E-state index < -0.39 is 0 Å². The van der Waals surface area contributed by atoms with Crippen molar-refractivity contribution >= 4 is 39.0 Å². The number of thiophene rings is 1. The fourth-order valence-electron chi connectivity index (χ4n) is 1.52. The highest BCUT2D eigenvalue weighted by molar-refractivity contribution is 9.10. The van der Waals surface area contributed by atoms with Crippen LogP contribution >= 0.6 is 39.0 Å². The molecule has 0 spiro atoms. The third-order valence-electron chi connectivity index (χ3n) is 2.18. The Kier molecular flexibility index (Phi) is 3.35. The Bertz CT molecular complexity index is 309. The summed E-state index contributed by atoms with van der Waals surface area (Å²) in [5.74, 6) is 2.46. The second-order valence-electron chi connectivity index (χ2n) is 3.08. The molecule has 1 aromatic heterocycles. The third-order valence-corrected chi connectivity index (χ3v) is 5.74. The Morgan fingerprint density at radius 3 is 3.00 bits per heavy atom. The first-order valence-electron chi connectivity index (χ1n) is 4.39. The molecule has 0 aromatic carbocycles. The predicted molar refractivity (Wildman–Crippen MR) is 64.6 cm³/mol. The topological polar surface area (TPSA) is 26.0 Å². The summed E-state index contributed by atoms with van der Waals surface area (Å²) in [5, 5.41) is 0. The lowest BCUT2D eigenvalue weighted by molar-refractivity contribution is 0.982. The first kappa shape index (κ1) is 10.0. The van der Waals surface area contributed by atoms with E-state index in [2.05, 4.69) is 15.9 Å². The molecule has 1 aliphatic rings. The first-order valence-corrected chi connectivity index (χ1v) is 7.16. The molecule has 0 bridgehead atoms. The van der Waals surface area contributed by atoms with Gasteiger partial charge in [0.2, 0.25) is 0 Å². The van der Waals surface area contributed by atoms with Crippen LogP contribution in [0.1, 0.15) is 15.3 Å². The van der Waals surface area contributed by atoms with Gasteiger partial charge in [0, 0.05) is 20.0 Å². The maximum absolute atomic E-state index is 5.57. The molecule has 0 radical (unpaired) electrons. The normalized spacial score (nSPS) is 15.8. The molecule has 1 aromatic rings. The van der Waals surface area contributed by atoms with Crippen molar-refractivity contribution in [2.24, 2.45) is 5.73 Å². The van der Waals surface area contributed by atoms with Gasteiger partial charge in [-0.15, -0.1) is 11.3 Å². The molecule has 0 saturated heterocycles. The zero-order valence-corrected chi connectivity index (χ0v) is 10.5. The number of aryl methyl sites for hydroxylation is 1. The van der Waals surface area contributed by atoms with Gasteiger partial charge in [0.25, 0.3) is 0 Å². The van der Waals surface area contributed by atoms with Crippen LogP contribution in [0.2, 0.25) is 0 Å². The van der Waals surface area contributed by atoms with Crippen LogP contribution < -0.4 is 5.73 Å². The van der Waals surface area contributed by atoms with Gasteiger partial charge >= 0.3 is 0 Å². The van der Waals surface area contributed by atoms with Crippen LogP contribution in [-0.4, -0.2) is 12.3 Å². The summed E-state index contributed by atoms with van der Waals surface area (Å²) >= 11 is 7.65. The van der Waals surface area contributed by atoms with E-state index in [1.807, 2.05) is 23.1 Å². The lowest BCUT2D eigenvalue weighted by Gasteiger charge is -2.09. The lowest BCUT2D eigenvalue weighted by atomic mass is 10.2. The Hall–Kier alpha value is 0.490. The number of hydrogen-bond donors (Lipinski definition) is 1. The van der Waals surface area contributed by atoms with E-state index in [-0.39, 0.29) is 0 Å². The number of rotatable bonds is 2. The van der Waals surface area contributed by atoms with Crippen molar-refractivity contribution in [3.05, 3.63) is 19.8 Å². The fraction of sp³-hybridized carbons (Fsp3) is 0.556. The molecule has 0 aliphatic carbocycles. The van der Waals surface area contributed by atoms with E-state index in [9.17, 15) is 0 Å². The van der Waals surface area contributed by atoms with E-state index in [0.29, 0.717) is 0 Å². The van der Waals surface area contributed by atoms with Crippen LogP contribution in [0.3, 0.4) is 0 Å². The molecule has 0 saturated carbocycles. The average molecular weight is 278 g/mol. The van der Waals surface area contributed by atoms with Crippen molar-refractivity contribution in [3.8, 4) is 0 Å². The third kappa shape index (κ3) is 1.96. The van der Waals surface area contributed by atoms with Crippen molar-refractivity contribution in [1.82, 2.24) is 0 Å². The summed E-state index contributed by atoms with van der Waals surface area (Å²) < 4.78 is 1.34. The standard InChI is InChI=1S/C9H12BrNS2/c10-9-6-5-12-4-2-7(6)13-8(9)1-3-11/h1-5,11H2. The highest BCUT2D eigenvalue weighted by Gasteiger charge is 2.18. The molecular weight excluding hydrogens is 266 g/mol. The molecule has 72 valence electrons. The second kappa shape index (κ2) is 4.34. The van der Waals surface area contributed by atoms with Crippen molar-refractivity contribution in [3.63, 3.8) is 0 Å². The zero-order chi connectivity index (χ0) is 9.26. The molecule has 4 heteroatoms. The van der Waals surface area contributed by atoms with Crippen molar-refractivity contribution in [2.75, 3.05) is 12.3 Å². The molecule has 0 fully saturated rings. The van der Waals surface area contributed by atoms with Gasteiger partial charge in [0.15, 0.2) is 0 Å².